The predicted molar refractivity (Wildman–Crippen MR) is 59.3 cm³/mol. The second-order valence-corrected chi connectivity index (χ2v) is 3.95. The van der Waals surface area contributed by atoms with E-state index in [9.17, 15) is 4.79 Å². The molecular weight excluding hydrogens is 190 g/mol. The zero-order chi connectivity index (χ0) is 11.3. The van der Waals surface area contributed by atoms with Crippen molar-refractivity contribution in [1.29, 1.82) is 0 Å². The Kier molecular flexibility index (Phi) is 4.34. The number of carbonyl (C=O) groups is 1. The number of rotatable bonds is 5. The van der Waals surface area contributed by atoms with Crippen molar-refractivity contribution in [2.75, 3.05) is 0 Å². The van der Waals surface area contributed by atoms with Crippen LogP contribution in [0.25, 0.3) is 0 Å². The van der Waals surface area contributed by atoms with Gasteiger partial charge in [0.15, 0.2) is 0 Å². The molecular formula is C11H19N3O. The molecule has 0 radical (unpaired) electrons. The fourth-order valence-corrected chi connectivity index (χ4v) is 1.31. The van der Waals surface area contributed by atoms with Crippen LogP contribution >= 0.6 is 0 Å². The Balaban J connectivity index is 2.36. The molecule has 1 rings (SSSR count). The van der Waals surface area contributed by atoms with Gasteiger partial charge < -0.3 is 5.32 Å². The molecule has 1 heterocycles. The average Bonchev–Trinajstić information content (AvgIpc) is 2.68. The molecule has 0 aromatic carbocycles. The first-order valence-electron chi connectivity index (χ1n) is 5.41. The number of hydrogen-bond donors (Lipinski definition) is 1. The van der Waals surface area contributed by atoms with Crippen molar-refractivity contribution in [3.63, 3.8) is 0 Å². The smallest absolute Gasteiger partial charge is 0.223 e. The minimum atomic E-state index is 0.0880. The topological polar surface area (TPSA) is 46.9 Å². The average molecular weight is 209 g/mol. The molecule has 2 unspecified atom stereocenters. The quantitative estimate of drug-likeness (QED) is 0.797. The SMILES string of the molecule is CCC(C)C(=O)NC(C)Cn1cccn1. The molecule has 0 aliphatic heterocycles. The van der Waals surface area contributed by atoms with E-state index in [1.165, 1.54) is 0 Å². The summed E-state index contributed by atoms with van der Waals surface area (Å²) in [5.74, 6) is 0.210. The van der Waals surface area contributed by atoms with Gasteiger partial charge >= 0.3 is 0 Å². The van der Waals surface area contributed by atoms with Crippen molar-refractivity contribution >= 4 is 5.91 Å². The van der Waals surface area contributed by atoms with Gasteiger partial charge in [0.2, 0.25) is 5.91 Å². The highest BCUT2D eigenvalue weighted by Crippen LogP contribution is 2.01. The lowest BCUT2D eigenvalue weighted by Gasteiger charge is -2.16. The van der Waals surface area contributed by atoms with Gasteiger partial charge in [-0.05, 0) is 19.4 Å². The van der Waals surface area contributed by atoms with Gasteiger partial charge in [0, 0.05) is 24.4 Å². The molecule has 0 spiro atoms. The maximum absolute atomic E-state index is 11.6. The Morgan fingerprint density at radius 2 is 2.27 bits per heavy atom. The number of hydrogen-bond acceptors (Lipinski definition) is 2. The monoisotopic (exact) mass is 209 g/mol. The fraction of sp³-hybridized carbons (Fsp3) is 0.636. The summed E-state index contributed by atoms with van der Waals surface area (Å²) in [5.41, 5.74) is 0. The standard InChI is InChI=1S/C11H19N3O/c1-4-9(2)11(15)13-10(3)8-14-7-5-6-12-14/h5-7,9-10H,4,8H2,1-3H3,(H,13,15). The van der Waals surface area contributed by atoms with Gasteiger partial charge in [0.1, 0.15) is 0 Å². The number of carbonyl (C=O) groups excluding carboxylic acids is 1. The fourth-order valence-electron chi connectivity index (χ4n) is 1.31. The molecule has 2 atom stereocenters. The van der Waals surface area contributed by atoms with Gasteiger partial charge in [-0.3, -0.25) is 9.48 Å². The summed E-state index contributed by atoms with van der Waals surface area (Å²) < 4.78 is 1.82. The van der Waals surface area contributed by atoms with Crippen LogP contribution in [0.3, 0.4) is 0 Å². The zero-order valence-electron chi connectivity index (χ0n) is 9.60. The minimum Gasteiger partial charge on any atom is -0.352 e. The number of aromatic nitrogens is 2. The third-order valence-corrected chi connectivity index (χ3v) is 2.47. The van der Waals surface area contributed by atoms with E-state index in [1.807, 2.05) is 37.7 Å². The second kappa shape index (κ2) is 5.53. The van der Waals surface area contributed by atoms with E-state index in [0.717, 1.165) is 13.0 Å². The summed E-state index contributed by atoms with van der Waals surface area (Å²) in [6.45, 7) is 6.66. The highest BCUT2D eigenvalue weighted by Gasteiger charge is 2.13. The van der Waals surface area contributed by atoms with Gasteiger partial charge in [-0.15, -0.1) is 0 Å². The summed E-state index contributed by atoms with van der Waals surface area (Å²) in [4.78, 5) is 11.6. The second-order valence-electron chi connectivity index (χ2n) is 3.95. The van der Waals surface area contributed by atoms with Crippen LogP contribution in [0, 0.1) is 5.92 Å². The molecule has 0 aliphatic rings. The predicted octanol–water partition coefficient (Wildman–Crippen LogP) is 1.43. The molecule has 84 valence electrons. The van der Waals surface area contributed by atoms with Crippen LogP contribution < -0.4 is 5.32 Å². The Labute approximate surface area is 90.7 Å². The maximum Gasteiger partial charge on any atom is 0.223 e. The van der Waals surface area contributed by atoms with Crippen molar-refractivity contribution in [1.82, 2.24) is 15.1 Å². The van der Waals surface area contributed by atoms with E-state index in [2.05, 4.69) is 10.4 Å². The van der Waals surface area contributed by atoms with Gasteiger partial charge in [0.05, 0.1) is 6.54 Å². The summed E-state index contributed by atoms with van der Waals surface area (Å²) in [6.07, 6.45) is 4.51. The molecule has 1 aromatic heterocycles. The van der Waals surface area contributed by atoms with Crippen LogP contribution in [-0.2, 0) is 11.3 Å². The Morgan fingerprint density at radius 1 is 1.53 bits per heavy atom. The molecule has 0 aliphatic carbocycles. The highest BCUT2D eigenvalue weighted by atomic mass is 16.1. The van der Waals surface area contributed by atoms with Crippen LogP contribution in [0.1, 0.15) is 27.2 Å². The number of nitrogens with one attached hydrogen (secondary N) is 1. The Hall–Kier alpha value is -1.32. The van der Waals surface area contributed by atoms with E-state index < -0.39 is 0 Å². The Morgan fingerprint density at radius 3 is 2.80 bits per heavy atom. The van der Waals surface area contributed by atoms with Crippen molar-refractivity contribution in [3.8, 4) is 0 Å². The van der Waals surface area contributed by atoms with Crippen LogP contribution in [-0.4, -0.2) is 21.7 Å². The van der Waals surface area contributed by atoms with E-state index in [0.29, 0.717) is 0 Å². The van der Waals surface area contributed by atoms with Crippen LogP contribution in [0.2, 0.25) is 0 Å². The van der Waals surface area contributed by atoms with E-state index in [-0.39, 0.29) is 17.9 Å². The lowest BCUT2D eigenvalue weighted by Crippen LogP contribution is -2.38. The third kappa shape index (κ3) is 3.73. The number of amides is 1. The lowest BCUT2D eigenvalue weighted by atomic mass is 10.1. The highest BCUT2D eigenvalue weighted by molar-refractivity contribution is 5.78. The van der Waals surface area contributed by atoms with Gasteiger partial charge in [-0.1, -0.05) is 13.8 Å². The summed E-state index contributed by atoms with van der Waals surface area (Å²) >= 11 is 0. The van der Waals surface area contributed by atoms with E-state index in [4.69, 9.17) is 0 Å². The third-order valence-electron chi connectivity index (χ3n) is 2.47. The van der Waals surface area contributed by atoms with Crippen molar-refractivity contribution in [3.05, 3.63) is 18.5 Å². The zero-order valence-corrected chi connectivity index (χ0v) is 9.60. The van der Waals surface area contributed by atoms with E-state index >= 15 is 0 Å². The molecule has 0 bridgehead atoms. The summed E-state index contributed by atoms with van der Waals surface area (Å²) in [6, 6.07) is 2.00. The molecule has 1 aromatic rings. The molecule has 1 N–H and O–H groups in total. The van der Waals surface area contributed by atoms with Crippen LogP contribution in [0.4, 0.5) is 0 Å². The molecule has 4 heteroatoms. The van der Waals surface area contributed by atoms with E-state index in [1.54, 1.807) is 6.20 Å². The van der Waals surface area contributed by atoms with Crippen molar-refractivity contribution in [2.45, 2.75) is 39.8 Å². The summed E-state index contributed by atoms with van der Waals surface area (Å²) in [5, 5.41) is 7.06. The maximum atomic E-state index is 11.6. The van der Waals surface area contributed by atoms with Gasteiger partial charge in [-0.2, -0.15) is 5.10 Å². The molecule has 0 saturated carbocycles. The minimum absolute atomic E-state index is 0.0880. The molecule has 4 nitrogen and oxygen atoms in total. The first kappa shape index (κ1) is 11.8. The number of nitrogens with zero attached hydrogens (tertiary/aromatic N) is 2. The molecule has 15 heavy (non-hydrogen) atoms. The van der Waals surface area contributed by atoms with Crippen molar-refractivity contribution in [2.24, 2.45) is 5.92 Å². The Bertz CT molecular complexity index is 295. The lowest BCUT2D eigenvalue weighted by molar-refractivity contribution is -0.125. The first-order valence-corrected chi connectivity index (χ1v) is 5.41. The van der Waals surface area contributed by atoms with Crippen LogP contribution in [0.5, 0.6) is 0 Å². The normalized spacial score (nSPS) is 14.6. The largest absolute Gasteiger partial charge is 0.352 e. The first-order chi connectivity index (χ1) is 7.13. The molecule has 0 fully saturated rings. The molecule has 0 saturated heterocycles. The summed E-state index contributed by atoms with van der Waals surface area (Å²) in [7, 11) is 0. The van der Waals surface area contributed by atoms with Gasteiger partial charge in [0.25, 0.3) is 0 Å². The van der Waals surface area contributed by atoms with Crippen molar-refractivity contribution < 1.29 is 4.79 Å². The van der Waals surface area contributed by atoms with Crippen LogP contribution in [0.15, 0.2) is 18.5 Å². The van der Waals surface area contributed by atoms with Gasteiger partial charge in [-0.25, -0.2) is 0 Å². The molecule has 1 amide bonds.